The van der Waals surface area contributed by atoms with Crippen molar-refractivity contribution in [3.05, 3.63) is 114 Å². The summed E-state index contributed by atoms with van der Waals surface area (Å²) in [5.41, 5.74) is 5.22. The number of thioether (sulfide) groups is 1. The van der Waals surface area contributed by atoms with Crippen LogP contribution in [-0.2, 0) is 12.2 Å². The number of ether oxygens (including phenoxy) is 2. The highest BCUT2D eigenvalue weighted by molar-refractivity contribution is 7.98. The van der Waals surface area contributed by atoms with Gasteiger partial charge in [-0.1, -0.05) is 72.4 Å². The third-order valence-electron chi connectivity index (χ3n) is 6.69. The minimum atomic E-state index is -0.163. The lowest BCUT2D eigenvalue weighted by atomic mass is 10.0. The first-order chi connectivity index (χ1) is 20.0. The zero-order valence-corrected chi connectivity index (χ0v) is 24.1. The van der Waals surface area contributed by atoms with E-state index in [0.717, 1.165) is 27.4 Å². The van der Waals surface area contributed by atoms with Gasteiger partial charge in [-0.05, 0) is 59.5 Å². The fourth-order valence-electron chi connectivity index (χ4n) is 4.35. The van der Waals surface area contributed by atoms with Gasteiger partial charge in [-0.3, -0.25) is 4.79 Å². The van der Waals surface area contributed by atoms with Crippen LogP contribution < -0.4 is 9.47 Å². The predicted octanol–water partition coefficient (Wildman–Crippen LogP) is 7.03. The number of rotatable bonds is 11. The Morgan fingerprint density at radius 3 is 2.24 bits per heavy atom. The van der Waals surface area contributed by atoms with E-state index >= 15 is 0 Å². The molecule has 0 spiro atoms. The maximum absolute atomic E-state index is 12.9. The highest BCUT2D eigenvalue weighted by Gasteiger charge is 2.17. The standard InChI is InChI=1S/C33H31N3O4S/c1-36(20-19-23-9-16-29(38-2)31(21-23)39-3)33(37)30-17-14-27(40-30)22-41-32-18-15-28(34-35-32)26-12-10-25(11-13-26)24-7-5-4-6-8-24/h4-18,21H,19-20,22H2,1-3H3. The number of furan rings is 1. The van der Waals surface area contributed by atoms with Crippen LogP contribution in [0.2, 0.25) is 0 Å². The molecule has 0 aliphatic heterocycles. The van der Waals surface area contributed by atoms with Gasteiger partial charge >= 0.3 is 0 Å². The second kappa shape index (κ2) is 13.2. The van der Waals surface area contributed by atoms with Crippen molar-refractivity contribution in [2.75, 3.05) is 27.8 Å². The van der Waals surface area contributed by atoms with Crippen molar-refractivity contribution in [1.29, 1.82) is 0 Å². The van der Waals surface area contributed by atoms with E-state index in [1.807, 2.05) is 54.6 Å². The number of hydrogen-bond donors (Lipinski definition) is 0. The second-order valence-electron chi connectivity index (χ2n) is 9.42. The van der Waals surface area contributed by atoms with Crippen LogP contribution >= 0.6 is 11.8 Å². The number of nitrogens with zero attached hydrogens (tertiary/aromatic N) is 3. The summed E-state index contributed by atoms with van der Waals surface area (Å²) in [5, 5.41) is 9.57. The number of methoxy groups -OCH3 is 2. The van der Waals surface area contributed by atoms with Crippen molar-refractivity contribution in [1.82, 2.24) is 15.1 Å². The number of aromatic nitrogens is 2. The Labute approximate surface area is 244 Å². The quantitative estimate of drug-likeness (QED) is 0.159. The van der Waals surface area contributed by atoms with E-state index in [-0.39, 0.29) is 5.91 Å². The first kappa shape index (κ1) is 28.0. The van der Waals surface area contributed by atoms with Gasteiger partial charge in [0.15, 0.2) is 17.3 Å². The molecule has 0 bridgehead atoms. The molecule has 5 aromatic rings. The Morgan fingerprint density at radius 2 is 1.54 bits per heavy atom. The number of amides is 1. The number of carbonyl (C=O) groups is 1. The molecule has 208 valence electrons. The van der Waals surface area contributed by atoms with Gasteiger partial charge in [-0.15, -0.1) is 10.2 Å². The molecular formula is C33H31N3O4S. The van der Waals surface area contributed by atoms with E-state index in [1.54, 1.807) is 32.2 Å². The molecule has 8 heteroatoms. The van der Waals surface area contributed by atoms with Crippen LogP contribution in [0.5, 0.6) is 11.5 Å². The third-order valence-corrected chi connectivity index (χ3v) is 7.64. The highest BCUT2D eigenvalue weighted by atomic mass is 32.2. The lowest BCUT2D eigenvalue weighted by Crippen LogP contribution is -2.28. The summed E-state index contributed by atoms with van der Waals surface area (Å²) in [6.45, 7) is 0.538. The molecule has 0 saturated carbocycles. The first-order valence-electron chi connectivity index (χ1n) is 13.2. The Balaban J connectivity index is 1.13. The van der Waals surface area contributed by atoms with Crippen LogP contribution in [0.4, 0.5) is 0 Å². The summed E-state index contributed by atoms with van der Waals surface area (Å²) >= 11 is 1.51. The monoisotopic (exact) mass is 565 g/mol. The van der Waals surface area contributed by atoms with Gasteiger partial charge in [0.25, 0.3) is 5.91 Å². The third kappa shape index (κ3) is 6.96. The number of hydrogen-bond acceptors (Lipinski definition) is 7. The maximum atomic E-state index is 12.9. The van der Waals surface area contributed by atoms with Crippen molar-refractivity contribution in [3.63, 3.8) is 0 Å². The molecule has 2 heterocycles. The minimum Gasteiger partial charge on any atom is -0.493 e. The summed E-state index contributed by atoms with van der Waals surface area (Å²) in [7, 11) is 4.99. The molecular weight excluding hydrogens is 534 g/mol. The first-order valence-corrected chi connectivity index (χ1v) is 14.2. The van der Waals surface area contributed by atoms with Gasteiger partial charge in [0.05, 0.1) is 25.7 Å². The van der Waals surface area contributed by atoms with Crippen molar-refractivity contribution in [2.45, 2.75) is 17.2 Å². The molecule has 0 N–H and O–H groups in total. The second-order valence-corrected chi connectivity index (χ2v) is 10.4. The van der Waals surface area contributed by atoms with Gasteiger partial charge in [0, 0.05) is 19.2 Å². The fourth-order valence-corrected chi connectivity index (χ4v) is 5.06. The molecule has 0 aliphatic carbocycles. The van der Waals surface area contributed by atoms with E-state index < -0.39 is 0 Å². The number of likely N-dealkylation sites (N-methyl/N-ethyl adjacent to an activating group) is 1. The Kier molecular flexibility index (Phi) is 9.01. The van der Waals surface area contributed by atoms with Gasteiger partial charge < -0.3 is 18.8 Å². The van der Waals surface area contributed by atoms with E-state index in [2.05, 4.69) is 46.6 Å². The molecule has 0 saturated heterocycles. The maximum Gasteiger partial charge on any atom is 0.289 e. The average Bonchev–Trinajstić information content (AvgIpc) is 3.52. The van der Waals surface area contributed by atoms with Gasteiger partial charge in [-0.2, -0.15) is 0 Å². The van der Waals surface area contributed by atoms with Crippen LogP contribution in [0.1, 0.15) is 21.9 Å². The molecule has 3 aromatic carbocycles. The topological polar surface area (TPSA) is 77.7 Å². The highest BCUT2D eigenvalue weighted by Crippen LogP contribution is 2.28. The molecule has 7 nitrogen and oxygen atoms in total. The van der Waals surface area contributed by atoms with Crippen molar-refractivity contribution in [3.8, 4) is 33.9 Å². The molecule has 0 unspecified atom stereocenters. The molecule has 0 aliphatic rings. The summed E-state index contributed by atoms with van der Waals surface area (Å²) in [5.74, 6) is 2.75. The zero-order valence-electron chi connectivity index (χ0n) is 23.2. The molecule has 41 heavy (non-hydrogen) atoms. The summed E-state index contributed by atoms with van der Waals surface area (Å²) in [4.78, 5) is 14.6. The lowest BCUT2D eigenvalue weighted by molar-refractivity contribution is 0.0763. The van der Waals surface area contributed by atoms with Crippen LogP contribution in [-0.4, -0.2) is 48.8 Å². The fraction of sp³-hybridized carbons (Fsp3) is 0.182. The Morgan fingerprint density at radius 1 is 0.805 bits per heavy atom. The van der Waals surface area contributed by atoms with Crippen LogP contribution in [0.3, 0.4) is 0 Å². The van der Waals surface area contributed by atoms with Crippen molar-refractivity contribution < 1.29 is 18.7 Å². The molecule has 1 amide bonds. The summed E-state index contributed by atoms with van der Waals surface area (Å²) in [6, 6.07) is 31.8. The largest absolute Gasteiger partial charge is 0.493 e. The van der Waals surface area contributed by atoms with Crippen LogP contribution in [0, 0.1) is 0 Å². The van der Waals surface area contributed by atoms with E-state index in [9.17, 15) is 4.79 Å². The molecule has 0 fully saturated rings. The van der Waals surface area contributed by atoms with Gasteiger partial charge in [-0.25, -0.2) is 0 Å². The smallest absolute Gasteiger partial charge is 0.289 e. The van der Waals surface area contributed by atoms with Crippen molar-refractivity contribution >= 4 is 17.7 Å². The van der Waals surface area contributed by atoms with Crippen molar-refractivity contribution in [2.24, 2.45) is 0 Å². The van der Waals surface area contributed by atoms with Gasteiger partial charge in [0.2, 0.25) is 0 Å². The lowest BCUT2D eigenvalue weighted by Gasteiger charge is -2.16. The molecule has 2 aromatic heterocycles. The Hall–Kier alpha value is -4.56. The molecule has 5 rings (SSSR count). The average molecular weight is 566 g/mol. The summed E-state index contributed by atoms with van der Waals surface area (Å²) < 4.78 is 16.5. The van der Waals surface area contributed by atoms with E-state index in [4.69, 9.17) is 13.9 Å². The predicted molar refractivity (Wildman–Crippen MR) is 161 cm³/mol. The van der Waals surface area contributed by atoms with E-state index in [1.165, 1.54) is 17.3 Å². The molecule has 0 atom stereocenters. The van der Waals surface area contributed by atoms with Crippen LogP contribution in [0.25, 0.3) is 22.4 Å². The number of carbonyl (C=O) groups excluding carboxylic acids is 1. The SMILES string of the molecule is COc1ccc(CCN(C)C(=O)c2ccc(CSc3ccc(-c4ccc(-c5ccccc5)cc4)nn3)o2)cc1OC. The Bertz CT molecular complexity index is 1590. The minimum absolute atomic E-state index is 0.163. The number of benzene rings is 3. The normalized spacial score (nSPS) is 10.8. The zero-order chi connectivity index (χ0) is 28.6. The van der Waals surface area contributed by atoms with Gasteiger partial charge in [0.1, 0.15) is 10.8 Å². The molecule has 0 radical (unpaired) electrons. The van der Waals surface area contributed by atoms with E-state index in [0.29, 0.717) is 41.7 Å². The van der Waals surface area contributed by atoms with Crippen LogP contribution in [0.15, 0.2) is 107 Å². The summed E-state index contributed by atoms with van der Waals surface area (Å²) in [6.07, 6.45) is 0.678.